The third-order valence-corrected chi connectivity index (χ3v) is 3.92. The fourth-order valence-corrected chi connectivity index (χ4v) is 2.88. The molecule has 0 saturated carbocycles. The molecule has 5 nitrogen and oxygen atoms in total. The molecule has 0 atom stereocenters. The van der Waals surface area contributed by atoms with Gasteiger partial charge in [-0.1, -0.05) is 24.3 Å². The Labute approximate surface area is 156 Å². The van der Waals surface area contributed by atoms with Crippen molar-refractivity contribution in [1.29, 1.82) is 0 Å². The highest BCUT2D eigenvalue weighted by Crippen LogP contribution is 2.40. The molecule has 0 aliphatic carbocycles. The highest BCUT2D eigenvalue weighted by Gasteiger charge is 2.34. The Bertz CT molecular complexity index is 722. The van der Waals surface area contributed by atoms with Gasteiger partial charge < -0.3 is 27.4 Å². The van der Waals surface area contributed by atoms with Crippen LogP contribution >= 0.6 is 0 Å². The average Bonchev–Trinajstić information content (AvgIpc) is 2.44. The van der Waals surface area contributed by atoms with Gasteiger partial charge in [0.15, 0.2) is 0 Å². The number of para-hydroxylation sites is 1. The van der Waals surface area contributed by atoms with E-state index in [1.54, 1.807) is 30.3 Å². The highest BCUT2D eigenvalue weighted by molar-refractivity contribution is 5.52. The topological polar surface area (TPSA) is 119 Å². The number of phenols is 2. The first-order valence-electron chi connectivity index (χ1n) is 8.63. The van der Waals surface area contributed by atoms with Crippen LogP contribution in [-0.2, 0) is 16.6 Å². The second kappa shape index (κ2) is 7.66. The summed E-state index contributed by atoms with van der Waals surface area (Å²) in [6.07, 6.45) is 0. The Hall–Kier alpha value is -2.08. The molecular weight excluding hydrogens is 326 g/mol. The first-order chi connectivity index (χ1) is 11.7. The van der Waals surface area contributed by atoms with Crippen molar-refractivity contribution in [2.75, 3.05) is 0 Å². The molecule has 2 aromatic rings. The molecule has 0 unspecified atom stereocenters. The summed E-state index contributed by atoms with van der Waals surface area (Å²) in [5, 5.41) is 18.8. The molecule has 0 saturated heterocycles. The Morgan fingerprint density at radius 1 is 0.615 bits per heavy atom. The second-order valence-corrected chi connectivity index (χ2v) is 8.38. The molecule has 26 heavy (non-hydrogen) atoms. The zero-order valence-electron chi connectivity index (χ0n) is 16.7. The molecule has 0 aliphatic heterocycles. The fraction of sp³-hybridized carbons (Fsp3) is 0.429. The maximum Gasteiger partial charge on any atom is 0.120 e. The lowest BCUT2D eigenvalue weighted by Gasteiger charge is -2.36. The van der Waals surface area contributed by atoms with Crippen molar-refractivity contribution in [3.63, 3.8) is 0 Å². The normalized spacial score (nSPS) is 12.3. The zero-order chi connectivity index (χ0) is 20.3. The van der Waals surface area contributed by atoms with Crippen molar-refractivity contribution < 1.29 is 10.2 Å². The Morgan fingerprint density at radius 3 is 1.38 bits per heavy atom. The minimum atomic E-state index is -0.697. The van der Waals surface area contributed by atoms with Crippen LogP contribution in [0.1, 0.15) is 58.2 Å². The predicted octanol–water partition coefficient (Wildman–Crippen LogP) is 3.37. The van der Waals surface area contributed by atoms with E-state index in [0.29, 0.717) is 11.3 Å². The van der Waals surface area contributed by atoms with Crippen LogP contribution in [0.2, 0.25) is 0 Å². The van der Waals surface area contributed by atoms with Crippen molar-refractivity contribution in [3.8, 4) is 11.5 Å². The smallest absolute Gasteiger partial charge is 0.120 e. The molecule has 2 rings (SSSR count). The number of hydrogen-bond donors (Lipinski definition) is 5. The van der Waals surface area contributed by atoms with Crippen molar-refractivity contribution in [2.45, 2.75) is 58.2 Å². The third-order valence-electron chi connectivity index (χ3n) is 3.92. The molecule has 0 aliphatic rings. The third kappa shape index (κ3) is 5.73. The van der Waals surface area contributed by atoms with E-state index in [0.717, 1.165) is 11.1 Å². The number of rotatable bonds is 3. The van der Waals surface area contributed by atoms with Gasteiger partial charge >= 0.3 is 0 Å². The summed E-state index contributed by atoms with van der Waals surface area (Å²) in [6, 6.07) is 12.2. The first kappa shape index (κ1) is 22.0. The van der Waals surface area contributed by atoms with Crippen LogP contribution in [0.25, 0.3) is 0 Å². The van der Waals surface area contributed by atoms with Gasteiger partial charge in [0.1, 0.15) is 11.5 Å². The molecule has 2 aromatic carbocycles. The van der Waals surface area contributed by atoms with Gasteiger partial charge in [-0.25, -0.2) is 0 Å². The predicted molar refractivity (Wildman–Crippen MR) is 108 cm³/mol. The molecule has 0 spiro atoms. The summed E-state index contributed by atoms with van der Waals surface area (Å²) in [4.78, 5) is 0. The lowest BCUT2D eigenvalue weighted by Crippen LogP contribution is -2.41. The van der Waals surface area contributed by atoms with Crippen molar-refractivity contribution in [2.24, 2.45) is 17.2 Å². The monoisotopic (exact) mass is 359 g/mol. The standard InChI is InChI=1S/C15H27N3O.C6H6O/c1-13(2,16)9-7-8-10(19)12(15(5,6)18)11(9)14(3,4)17;7-6-4-2-1-3-5-6/h7-8,19H,16-18H2,1-6H3;1-5,7H. The fourth-order valence-electron chi connectivity index (χ4n) is 2.88. The van der Waals surface area contributed by atoms with Crippen LogP contribution in [0.5, 0.6) is 11.5 Å². The summed E-state index contributed by atoms with van der Waals surface area (Å²) in [7, 11) is 0. The van der Waals surface area contributed by atoms with Gasteiger partial charge in [0.2, 0.25) is 0 Å². The Kier molecular flexibility index (Phi) is 6.47. The Morgan fingerprint density at radius 2 is 1.08 bits per heavy atom. The van der Waals surface area contributed by atoms with E-state index in [9.17, 15) is 5.11 Å². The number of benzene rings is 2. The molecule has 0 fully saturated rings. The maximum atomic E-state index is 10.2. The first-order valence-corrected chi connectivity index (χ1v) is 8.63. The summed E-state index contributed by atoms with van der Waals surface area (Å²) in [5.74, 6) is 0.483. The average molecular weight is 360 g/mol. The highest BCUT2D eigenvalue weighted by atomic mass is 16.3. The minimum Gasteiger partial charge on any atom is -0.508 e. The van der Waals surface area contributed by atoms with Gasteiger partial charge in [0, 0.05) is 22.2 Å². The molecule has 0 aromatic heterocycles. The van der Waals surface area contributed by atoms with Gasteiger partial charge in [-0.05, 0) is 70.9 Å². The van der Waals surface area contributed by atoms with E-state index in [1.807, 2.05) is 53.7 Å². The number of hydrogen-bond acceptors (Lipinski definition) is 5. The van der Waals surface area contributed by atoms with Crippen molar-refractivity contribution >= 4 is 0 Å². The van der Waals surface area contributed by atoms with Crippen molar-refractivity contribution in [1.82, 2.24) is 0 Å². The van der Waals surface area contributed by atoms with E-state index in [-0.39, 0.29) is 5.75 Å². The lowest BCUT2D eigenvalue weighted by molar-refractivity contribution is 0.416. The zero-order valence-corrected chi connectivity index (χ0v) is 16.7. The largest absolute Gasteiger partial charge is 0.508 e. The molecule has 144 valence electrons. The van der Waals surface area contributed by atoms with Gasteiger partial charge in [-0.3, -0.25) is 0 Å². The van der Waals surface area contributed by atoms with Crippen LogP contribution < -0.4 is 17.2 Å². The molecular formula is C21H33N3O2. The van der Waals surface area contributed by atoms with Crippen LogP contribution in [-0.4, -0.2) is 10.2 Å². The van der Waals surface area contributed by atoms with E-state index in [4.69, 9.17) is 22.3 Å². The van der Waals surface area contributed by atoms with Crippen LogP contribution in [0, 0.1) is 0 Å². The lowest BCUT2D eigenvalue weighted by atomic mass is 9.75. The van der Waals surface area contributed by atoms with Gasteiger partial charge in [0.25, 0.3) is 0 Å². The molecule has 8 N–H and O–H groups in total. The van der Waals surface area contributed by atoms with E-state index < -0.39 is 16.6 Å². The molecule has 0 radical (unpaired) electrons. The molecule has 0 amide bonds. The molecule has 0 bridgehead atoms. The van der Waals surface area contributed by atoms with Crippen LogP contribution in [0.15, 0.2) is 42.5 Å². The number of phenolic OH excluding ortho intramolecular Hbond substituents is 2. The molecule has 5 heteroatoms. The quantitative estimate of drug-likeness (QED) is 0.576. The SMILES string of the molecule is CC(C)(N)c1ccc(O)c(C(C)(C)N)c1C(C)(C)N.Oc1ccccc1. The van der Waals surface area contributed by atoms with E-state index in [2.05, 4.69) is 0 Å². The maximum absolute atomic E-state index is 10.2. The minimum absolute atomic E-state index is 0.161. The van der Waals surface area contributed by atoms with Crippen LogP contribution in [0.3, 0.4) is 0 Å². The summed E-state index contributed by atoms with van der Waals surface area (Å²) >= 11 is 0. The van der Waals surface area contributed by atoms with Gasteiger partial charge in [-0.15, -0.1) is 0 Å². The van der Waals surface area contributed by atoms with Crippen molar-refractivity contribution in [3.05, 3.63) is 59.2 Å². The van der Waals surface area contributed by atoms with Gasteiger partial charge in [-0.2, -0.15) is 0 Å². The number of aromatic hydroxyl groups is 2. The van der Waals surface area contributed by atoms with Crippen LogP contribution in [0.4, 0.5) is 0 Å². The van der Waals surface area contributed by atoms with E-state index in [1.165, 1.54) is 0 Å². The summed E-state index contributed by atoms with van der Waals surface area (Å²) in [5.41, 5.74) is 19.3. The Balaban J connectivity index is 0.000000401. The number of nitrogens with two attached hydrogens (primary N) is 3. The summed E-state index contributed by atoms with van der Waals surface area (Å²) in [6.45, 7) is 11.3. The summed E-state index contributed by atoms with van der Waals surface area (Å²) < 4.78 is 0. The van der Waals surface area contributed by atoms with E-state index >= 15 is 0 Å². The second-order valence-electron chi connectivity index (χ2n) is 8.38. The van der Waals surface area contributed by atoms with Gasteiger partial charge in [0.05, 0.1) is 0 Å². The molecule has 0 heterocycles.